The topological polar surface area (TPSA) is 154 Å². The molecule has 0 saturated heterocycles. The van der Waals surface area contributed by atoms with Crippen LogP contribution < -0.4 is 46.3 Å². The molecule has 588 valence electrons. The molecule has 0 N–H and O–H groups in total. The molecule has 0 spiro atoms. The van der Waals surface area contributed by atoms with Crippen molar-refractivity contribution in [3.63, 3.8) is 0 Å². The number of pyridine rings is 6. The molecule has 0 fully saturated rings. The minimum Gasteiger partial charge on any atom is -0.509 e. The number of hydrogen-bond donors (Lipinski definition) is 0. The molecule has 2 aliphatic rings. The zero-order chi connectivity index (χ0) is 79.1. The van der Waals surface area contributed by atoms with Crippen LogP contribution in [0.2, 0.25) is 0 Å². The summed E-state index contributed by atoms with van der Waals surface area (Å²) in [5.41, 5.74) is 12.5. The zero-order valence-electron chi connectivity index (χ0n) is 64.0. The van der Waals surface area contributed by atoms with Gasteiger partial charge in [0.25, 0.3) is 0 Å². The predicted molar refractivity (Wildman–Crippen MR) is 478 cm³/mol. The van der Waals surface area contributed by atoms with Crippen LogP contribution in [-0.4, -0.2) is 43.6 Å². The van der Waals surface area contributed by atoms with Crippen molar-refractivity contribution in [2.75, 3.05) is 0 Å². The maximum atomic E-state index is 14.8. The maximum Gasteiger partial charge on any atom is 2.00 e. The van der Waals surface area contributed by atoms with Gasteiger partial charge in [-0.05, 0) is 106 Å². The molecule has 3 unspecified atom stereocenters. The molecule has 14 nitrogen and oxygen atoms in total. The van der Waals surface area contributed by atoms with Crippen molar-refractivity contribution in [1.82, 2.24) is 43.6 Å². The van der Waals surface area contributed by atoms with Crippen LogP contribution in [0.5, 0.6) is 34.5 Å². The van der Waals surface area contributed by atoms with Gasteiger partial charge < -0.3 is 37.0 Å². The Balaban J connectivity index is 0.000000119. The number of ether oxygens (including phenoxy) is 3. The van der Waals surface area contributed by atoms with Crippen LogP contribution in [-0.2, 0) is 70.4 Å². The Bertz CT molecular complexity index is 7650. The van der Waals surface area contributed by atoms with Crippen LogP contribution in [0.25, 0.3) is 132 Å². The second kappa shape index (κ2) is 32.9. The van der Waals surface area contributed by atoms with Crippen molar-refractivity contribution < 1.29 is 84.6 Å². The van der Waals surface area contributed by atoms with Gasteiger partial charge in [0.1, 0.15) is 28.2 Å². The van der Waals surface area contributed by atoms with E-state index in [4.69, 9.17) is 19.2 Å². The molecule has 0 bridgehead atoms. The molecule has 0 saturated carbocycles. The summed E-state index contributed by atoms with van der Waals surface area (Å²) in [5, 5.41) is 14.3. The van der Waals surface area contributed by atoms with E-state index in [1.54, 1.807) is 24.8 Å². The number of hydrogen-bond acceptors (Lipinski definition) is 11. The summed E-state index contributed by atoms with van der Waals surface area (Å²) in [6, 6.07) is 128. The van der Waals surface area contributed by atoms with E-state index in [2.05, 4.69) is 178 Å². The largest absolute Gasteiger partial charge is 2.00 e. The number of rotatable bonds is 12. The van der Waals surface area contributed by atoms with E-state index >= 15 is 0 Å². The van der Waals surface area contributed by atoms with Gasteiger partial charge in [-0.15, -0.1) is 106 Å². The van der Waals surface area contributed by atoms with Gasteiger partial charge in [-0.25, -0.2) is 15.0 Å². The van der Waals surface area contributed by atoms with E-state index in [1.807, 2.05) is 237 Å². The third-order valence-corrected chi connectivity index (χ3v) is 30.1. The summed E-state index contributed by atoms with van der Waals surface area (Å²) in [7, 11) is -7.23. The van der Waals surface area contributed by atoms with Gasteiger partial charge >= 0.3 is 61.3 Å². The fourth-order valence-electron chi connectivity index (χ4n) is 16.7. The average molecular weight is 1900 g/mol. The van der Waals surface area contributed by atoms with E-state index in [1.165, 1.54) is 15.9 Å². The zero-order valence-corrected chi connectivity index (χ0v) is 71.3. The molecule has 12 aromatic carbocycles. The van der Waals surface area contributed by atoms with Crippen LogP contribution in [0.4, 0.5) is 0 Å². The SMILES string of the molecule is O=P1(c2[c-]c(Oc3[c-]c(-n4c5ccccc5c5cccnc54)ccc3)ccc2)c2ccccc2-c2cccnc21.O=P1(c2ccccn2)c2[c-]c(Oc3[c-]c4c(cc3)c3ccccc3n4-c3ccccn3)ccc2-c2ccccc21.[Pd+2].[Pd+2].[Pd+2].[c-]1c(Oc2[c-]c3c(cc2)c2ccccc2p3-c2ccccn2)ccc2c3ccccc3n(-c3ccccn3)c12. The van der Waals surface area contributed by atoms with Gasteiger partial charge in [0.05, 0.1) is 11.0 Å². The predicted octanol–water partition coefficient (Wildman–Crippen LogP) is 22.4. The van der Waals surface area contributed by atoms with Crippen LogP contribution in [0.15, 0.2) is 365 Å². The number of nitrogens with zero attached hydrogens (tertiary/aromatic N) is 9. The van der Waals surface area contributed by atoms with Crippen LogP contribution >= 0.6 is 21.8 Å². The Morgan fingerprint density at radius 3 is 1.39 bits per heavy atom. The summed E-state index contributed by atoms with van der Waals surface area (Å²) in [6.45, 7) is 0. The monoisotopic (exact) mass is 1900 g/mol. The molecular formula is C102H60N9O5P3Pd3. The van der Waals surface area contributed by atoms with Crippen molar-refractivity contribution in [2.24, 2.45) is 0 Å². The standard InChI is InChI=1S/2C34H20N3O2P.C34H20N3OP.3Pd/c38-40(32-18-4-2-14-28(32)30-16-8-20-36-34(30)40)26-12-6-11-25(22-26)39-24-10-5-9-23(21-24)37-31-17-3-1-13-27(31)29-15-7-19-35-33(29)37;38-40(34-14-6-8-20-36-34)31-12-4-2-10-27(31)28-18-16-24(22-32(28)40)39-23-15-17-26-25-9-1-3-11-29(25)37(30(26)21-23)33-13-5-7-19-35-33;1-3-11-29-25(9-1)26-17-15-23(21-30(26)37(29)33-13-5-7-19-35-33)38-24-16-18-28-27-10-2-4-12-31(27)39(32(28)22-24)34-14-6-8-20-36-34;;;/h2*1-20H;1-20H;;;/q3*-2;3*+2. The van der Waals surface area contributed by atoms with Gasteiger partial charge in [-0.1, -0.05) is 204 Å². The van der Waals surface area contributed by atoms with Crippen molar-refractivity contribution in [3.05, 3.63) is 401 Å². The Hall–Kier alpha value is -12.9. The van der Waals surface area contributed by atoms with Crippen molar-refractivity contribution in [3.8, 4) is 79.5 Å². The normalized spacial score (nSPS) is 14.1. The first-order valence-electron chi connectivity index (χ1n) is 38.7. The third-order valence-electron chi connectivity index (χ3n) is 21.8. The Morgan fingerprint density at radius 2 is 0.762 bits per heavy atom. The minimum absolute atomic E-state index is 0. The molecule has 20 heteroatoms. The van der Waals surface area contributed by atoms with E-state index in [-0.39, 0.29) is 61.3 Å². The van der Waals surface area contributed by atoms with Gasteiger partial charge in [0, 0.05) is 110 Å². The van der Waals surface area contributed by atoms with Crippen LogP contribution in [0, 0.1) is 36.4 Å². The molecule has 0 radical (unpaired) electrons. The Morgan fingerprint density at radius 1 is 0.295 bits per heavy atom. The van der Waals surface area contributed by atoms with Crippen molar-refractivity contribution >= 4 is 140 Å². The van der Waals surface area contributed by atoms with Crippen LogP contribution in [0.3, 0.4) is 0 Å². The first-order valence-corrected chi connectivity index (χ1v) is 43.4. The molecule has 12 heterocycles. The molecular weight excluding hydrogens is 1840 g/mol. The quantitative estimate of drug-likeness (QED) is 0.0652. The van der Waals surface area contributed by atoms with Crippen LogP contribution in [0.1, 0.15) is 0 Å². The van der Waals surface area contributed by atoms with E-state index in [0.717, 1.165) is 126 Å². The van der Waals surface area contributed by atoms with E-state index in [9.17, 15) is 9.13 Å². The summed E-state index contributed by atoms with van der Waals surface area (Å²) >= 11 is 0. The van der Waals surface area contributed by atoms with E-state index < -0.39 is 21.8 Å². The molecule has 10 aromatic heterocycles. The van der Waals surface area contributed by atoms with Gasteiger partial charge in [-0.2, -0.15) is 42.5 Å². The summed E-state index contributed by atoms with van der Waals surface area (Å²) in [6.07, 6.45) is 10.6. The second-order valence-electron chi connectivity index (χ2n) is 28.6. The fraction of sp³-hybridized carbons (Fsp3) is 0. The fourth-order valence-corrected chi connectivity index (χ4v) is 24.9. The molecule has 122 heavy (non-hydrogen) atoms. The average Bonchev–Trinajstić information content (AvgIpc) is 1.56. The van der Waals surface area contributed by atoms with E-state index in [0.29, 0.717) is 56.0 Å². The van der Waals surface area contributed by atoms with Gasteiger partial charge in [0.15, 0.2) is 14.3 Å². The summed E-state index contributed by atoms with van der Waals surface area (Å²) in [4.78, 5) is 27.7. The van der Waals surface area contributed by atoms with Crippen molar-refractivity contribution in [2.45, 2.75) is 0 Å². The van der Waals surface area contributed by atoms with Crippen molar-refractivity contribution in [1.29, 1.82) is 0 Å². The maximum absolute atomic E-state index is 14.8. The van der Waals surface area contributed by atoms with Gasteiger partial charge in [0.2, 0.25) is 0 Å². The summed E-state index contributed by atoms with van der Waals surface area (Å²) < 4.78 is 54.9. The number of para-hydroxylation sites is 3. The minimum atomic E-state index is -3.21. The second-order valence-corrected chi connectivity index (χ2v) is 35.9. The molecule has 22 aromatic rings. The number of fused-ring (bicyclic) bond motifs is 18. The first-order chi connectivity index (χ1) is 58.8. The third kappa shape index (κ3) is 13.5. The van der Waals surface area contributed by atoms with Gasteiger partial charge in [-0.3, -0.25) is 15.0 Å². The molecule has 3 atom stereocenters. The summed E-state index contributed by atoms with van der Waals surface area (Å²) in [5.74, 6) is 4.95. The first kappa shape index (κ1) is 78.9. The number of benzene rings is 12. The molecule has 2 aliphatic heterocycles. The molecule has 0 aliphatic carbocycles. The Labute approximate surface area is 743 Å². The molecule has 0 amide bonds. The number of aromatic nitrogens is 9. The Kier molecular flexibility index (Phi) is 21.3. The molecule has 24 rings (SSSR count). The smallest absolute Gasteiger partial charge is 0.509 e.